The molecule has 0 amide bonds. The van der Waals surface area contributed by atoms with Crippen molar-refractivity contribution >= 4 is 41.4 Å². The van der Waals surface area contributed by atoms with Crippen LogP contribution in [0.5, 0.6) is 5.75 Å². The van der Waals surface area contributed by atoms with E-state index >= 15 is 0 Å². The molecule has 0 aliphatic carbocycles. The van der Waals surface area contributed by atoms with Crippen LogP contribution in [-0.4, -0.2) is 27.6 Å². The fourth-order valence-electron chi connectivity index (χ4n) is 2.21. The van der Waals surface area contributed by atoms with Gasteiger partial charge >= 0.3 is 17.1 Å². The zero-order chi connectivity index (χ0) is 22.3. The fraction of sp³-hybridized carbons (Fsp3) is 0.400. The fourth-order valence-corrected chi connectivity index (χ4v) is 3.04. The van der Waals surface area contributed by atoms with Gasteiger partial charge in [0.25, 0.3) is 0 Å². The first kappa shape index (κ1) is 23.8. The number of ketones is 1. The average Bonchev–Trinajstić information content (AvgIpc) is 3.00. The summed E-state index contributed by atoms with van der Waals surface area (Å²) in [5.41, 5.74) is 0. The van der Waals surface area contributed by atoms with Gasteiger partial charge in [-0.3, -0.25) is 9.59 Å². The predicted molar refractivity (Wildman–Crippen MR) is 113 cm³/mol. The molecule has 10 heteroatoms. The van der Waals surface area contributed by atoms with Crippen LogP contribution in [0.25, 0.3) is 0 Å². The summed E-state index contributed by atoms with van der Waals surface area (Å²) < 4.78 is 18.8. The Morgan fingerprint density at radius 1 is 1.17 bits per heavy atom. The van der Waals surface area contributed by atoms with E-state index in [0.717, 1.165) is 11.8 Å². The van der Waals surface area contributed by atoms with Gasteiger partial charge < -0.3 is 18.3 Å². The van der Waals surface area contributed by atoms with Gasteiger partial charge in [0.05, 0.1) is 10.7 Å². The first-order valence-electron chi connectivity index (χ1n) is 8.97. The van der Waals surface area contributed by atoms with Gasteiger partial charge in [0.15, 0.2) is 18.1 Å². The van der Waals surface area contributed by atoms with Crippen LogP contribution in [0.3, 0.4) is 0 Å². The predicted octanol–water partition coefficient (Wildman–Crippen LogP) is 3.80. The Morgan fingerprint density at radius 3 is 2.40 bits per heavy atom. The highest BCUT2D eigenvalue weighted by Crippen LogP contribution is 2.24. The van der Waals surface area contributed by atoms with E-state index in [-0.39, 0.29) is 36.1 Å². The third-order valence-electron chi connectivity index (χ3n) is 3.97. The molecule has 0 saturated heterocycles. The minimum Gasteiger partial charge on any atom is -0.449 e. The average molecular weight is 455 g/mol. The van der Waals surface area contributed by atoms with Gasteiger partial charge in [-0.25, -0.2) is 9.59 Å². The summed E-state index contributed by atoms with van der Waals surface area (Å²) in [4.78, 5) is 48.0. The molecule has 30 heavy (non-hydrogen) atoms. The number of para-hydroxylation sites is 1. The summed E-state index contributed by atoms with van der Waals surface area (Å²) in [6, 6.07) is 8.42. The van der Waals surface area contributed by atoms with Crippen molar-refractivity contribution in [2.75, 3.05) is 5.75 Å². The molecule has 162 valence electrons. The number of thioether (sulfide) groups is 1. The van der Waals surface area contributed by atoms with Crippen molar-refractivity contribution in [2.45, 2.75) is 38.5 Å². The van der Waals surface area contributed by atoms with Crippen molar-refractivity contribution in [3.8, 4) is 5.75 Å². The molecule has 1 aromatic carbocycles. The number of hydrogen-bond donors (Lipinski definition) is 1. The molecular formula is C20H22O8S2. The summed E-state index contributed by atoms with van der Waals surface area (Å²) in [5, 5.41) is -0.701. The molecule has 0 aliphatic heterocycles. The lowest BCUT2D eigenvalue weighted by molar-refractivity contribution is -0.140. The minimum atomic E-state index is -0.938. The molecule has 0 saturated carbocycles. The maximum Gasteiger partial charge on any atom is 0.519 e. The van der Waals surface area contributed by atoms with Crippen LogP contribution in [-0.2, 0) is 20.9 Å². The van der Waals surface area contributed by atoms with Crippen molar-refractivity contribution < 1.29 is 32.7 Å². The van der Waals surface area contributed by atoms with E-state index in [1.165, 1.54) is 6.92 Å². The number of thiol groups is 1. The second-order valence-electron chi connectivity index (χ2n) is 6.90. The van der Waals surface area contributed by atoms with Crippen LogP contribution in [0, 0.1) is 12.8 Å². The quantitative estimate of drug-likeness (QED) is 0.343. The number of carbonyl (C=O) groups is 3. The Morgan fingerprint density at radius 2 is 1.83 bits per heavy atom. The van der Waals surface area contributed by atoms with Gasteiger partial charge in [-0.2, -0.15) is 12.6 Å². The number of rotatable bonds is 9. The van der Waals surface area contributed by atoms with E-state index in [4.69, 9.17) is 13.9 Å². The molecule has 0 bridgehead atoms. The number of esters is 1. The summed E-state index contributed by atoms with van der Waals surface area (Å²) >= 11 is 4.96. The van der Waals surface area contributed by atoms with E-state index in [0.29, 0.717) is 5.75 Å². The number of aryl methyl sites for hydroxylation is 1. The van der Waals surface area contributed by atoms with Gasteiger partial charge in [0.2, 0.25) is 0 Å². The van der Waals surface area contributed by atoms with Crippen LogP contribution in [0.15, 0.2) is 44.0 Å². The molecule has 8 nitrogen and oxygen atoms in total. The molecule has 1 heterocycles. The van der Waals surface area contributed by atoms with Gasteiger partial charge in [-0.15, -0.1) is 0 Å². The normalized spacial score (nSPS) is 12.3. The second-order valence-corrected chi connectivity index (χ2v) is 8.97. The second kappa shape index (κ2) is 10.5. The molecule has 0 fully saturated rings. The number of benzene rings is 1. The van der Waals surface area contributed by atoms with Crippen LogP contribution >= 0.6 is 24.4 Å². The lowest BCUT2D eigenvalue weighted by atomic mass is 9.97. The Kier molecular flexibility index (Phi) is 8.36. The summed E-state index contributed by atoms with van der Waals surface area (Å²) in [7, 11) is 0. The van der Waals surface area contributed by atoms with Crippen molar-refractivity contribution in [3.05, 3.63) is 52.5 Å². The van der Waals surface area contributed by atoms with Gasteiger partial charge in [-0.05, 0) is 44.7 Å². The molecular weight excluding hydrogens is 432 g/mol. The monoisotopic (exact) mass is 454 g/mol. The highest BCUT2D eigenvalue weighted by atomic mass is 32.2. The van der Waals surface area contributed by atoms with Crippen LogP contribution in [0.4, 0.5) is 4.79 Å². The van der Waals surface area contributed by atoms with Crippen molar-refractivity contribution in [1.29, 1.82) is 0 Å². The zero-order valence-electron chi connectivity index (χ0n) is 16.7. The third kappa shape index (κ3) is 7.42. The molecule has 1 atom stereocenters. The summed E-state index contributed by atoms with van der Waals surface area (Å²) in [5.74, 6) is -2.05. The van der Waals surface area contributed by atoms with Crippen molar-refractivity contribution in [3.63, 3.8) is 0 Å². The molecule has 2 rings (SSSR count). The Hall–Kier alpha value is -2.46. The van der Waals surface area contributed by atoms with Crippen molar-refractivity contribution in [2.24, 2.45) is 5.92 Å². The molecule has 2 aromatic rings. The van der Waals surface area contributed by atoms with E-state index < -0.39 is 27.8 Å². The number of hydrogen-bond acceptors (Lipinski definition) is 10. The van der Waals surface area contributed by atoms with Crippen LogP contribution < -0.4 is 10.6 Å². The molecule has 0 N–H and O–H groups in total. The number of carbonyl (C=O) groups excluding carboxylic acids is 3. The SMILES string of the molecule is Cc1oc(=O)oc1COC(=O)SC[C@H](CC(=O)C(C)(C)S)C(=O)Oc1ccccc1. The Labute approximate surface area is 182 Å². The highest BCUT2D eigenvalue weighted by molar-refractivity contribution is 8.13. The molecule has 0 aliphatic rings. The Balaban J connectivity index is 1.98. The molecule has 0 radical (unpaired) electrons. The lowest BCUT2D eigenvalue weighted by Gasteiger charge is -2.20. The van der Waals surface area contributed by atoms with E-state index in [9.17, 15) is 19.2 Å². The van der Waals surface area contributed by atoms with E-state index in [2.05, 4.69) is 17.0 Å². The topological polar surface area (TPSA) is 113 Å². The largest absolute Gasteiger partial charge is 0.519 e. The van der Waals surface area contributed by atoms with Crippen LogP contribution in [0.1, 0.15) is 31.8 Å². The van der Waals surface area contributed by atoms with Gasteiger partial charge in [0, 0.05) is 12.2 Å². The number of Topliss-reactive ketones (excluding diaryl/α,β-unsaturated/α-hetero) is 1. The summed E-state index contributed by atoms with van der Waals surface area (Å²) in [6.07, 6.45) is -0.141. The Bertz CT molecular complexity index is 940. The van der Waals surface area contributed by atoms with Gasteiger partial charge in [0.1, 0.15) is 11.5 Å². The zero-order valence-corrected chi connectivity index (χ0v) is 18.4. The summed E-state index contributed by atoms with van der Waals surface area (Å²) in [6.45, 7) is 4.47. The highest BCUT2D eigenvalue weighted by Gasteiger charge is 2.31. The molecule has 0 unspecified atom stereocenters. The number of ether oxygens (including phenoxy) is 2. The lowest BCUT2D eigenvalue weighted by Crippen LogP contribution is -2.32. The standard InChI is InChI=1S/C20H22O8S2/c1-12-15(28-18(23)26-12)10-25-19(24)30-11-13(9-16(21)20(2,3)29)17(22)27-14-7-5-4-6-8-14/h4-8,13,29H,9-11H2,1-3H3/t13-/m0/s1. The van der Waals surface area contributed by atoms with Crippen LogP contribution in [0.2, 0.25) is 0 Å². The van der Waals surface area contributed by atoms with Gasteiger partial charge in [-0.1, -0.05) is 18.2 Å². The third-order valence-corrected chi connectivity index (χ3v) is 5.14. The van der Waals surface area contributed by atoms with E-state index in [1.54, 1.807) is 44.2 Å². The smallest absolute Gasteiger partial charge is 0.449 e. The maximum atomic E-state index is 12.6. The first-order chi connectivity index (χ1) is 14.1. The maximum absolute atomic E-state index is 12.6. The minimum absolute atomic E-state index is 0.0333. The van der Waals surface area contributed by atoms with E-state index in [1.807, 2.05) is 0 Å². The molecule has 1 aromatic heterocycles. The van der Waals surface area contributed by atoms with Crippen molar-refractivity contribution in [1.82, 2.24) is 0 Å². The first-order valence-corrected chi connectivity index (χ1v) is 10.4. The molecule has 0 spiro atoms.